The molecule has 1 fully saturated rings. The van der Waals surface area contributed by atoms with Crippen molar-refractivity contribution < 1.29 is 69.2 Å². The third kappa shape index (κ3) is 31.4. The van der Waals surface area contributed by atoms with Crippen LogP contribution in [0, 0.1) is 0 Å². The summed E-state index contributed by atoms with van der Waals surface area (Å²) >= 11 is 0. The lowest BCUT2D eigenvalue weighted by atomic mass is 10.00. The van der Waals surface area contributed by atoms with Gasteiger partial charge < -0.3 is 45.6 Å². The van der Waals surface area contributed by atoms with Crippen LogP contribution in [0.3, 0.4) is 0 Å². The number of alkyl halides is 1. The maximum absolute atomic E-state index is 12.6. The molecule has 8 N–H and O–H groups in total. The number of carbonyl (C=O) groups is 4. The lowest BCUT2D eigenvalue weighted by molar-refractivity contribution is -0.262. The fraction of sp³-hybridized carbons (Fsp3) is 0.714. The maximum atomic E-state index is 12.6. The summed E-state index contributed by atoms with van der Waals surface area (Å²) in [6.45, 7) is 3.73. The number of aliphatic hydroxyl groups is 4. The molecule has 168 valence electrons. The molecular weight excluding hydrogens is 395 g/mol. The standard InChI is InChI=1S/C6H11FO5.4C2H4O2/c7-6-5(11)4(10)3(9)2(1-8)12-6;4*1-2(3)4/h2-6,8-11H,1H2;4*1H3,(H,3,4)/t2-,3-,4+,5-,6-;;;;/m1..../s1. The number of ether oxygens (including phenoxy) is 1. The smallest absolute Gasteiger partial charge is 0.300 e. The molecule has 0 aromatic heterocycles. The Morgan fingerprint density at radius 1 is 0.714 bits per heavy atom. The highest BCUT2D eigenvalue weighted by atomic mass is 19.1. The van der Waals surface area contributed by atoms with E-state index in [0.29, 0.717) is 0 Å². The Kier molecular flexibility index (Phi) is 23.0. The fourth-order valence-electron chi connectivity index (χ4n) is 1.06. The average molecular weight is 422 g/mol. The zero-order valence-corrected chi connectivity index (χ0v) is 15.6. The first-order valence-corrected chi connectivity index (χ1v) is 7.23. The topological polar surface area (TPSA) is 239 Å². The molecule has 14 heteroatoms. The van der Waals surface area contributed by atoms with Gasteiger partial charge in [-0.25, -0.2) is 4.39 Å². The molecule has 0 spiro atoms. The van der Waals surface area contributed by atoms with Crippen molar-refractivity contribution in [3.8, 4) is 0 Å². The number of carboxylic acids is 4. The van der Waals surface area contributed by atoms with Gasteiger partial charge in [-0.3, -0.25) is 19.2 Å². The number of aliphatic carboxylic acids is 4. The van der Waals surface area contributed by atoms with Crippen LogP contribution >= 0.6 is 0 Å². The molecule has 0 saturated carbocycles. The van der Waals surface area contributed by atoms with Crippen molar-refractivity contribution in [3.63, 3.8) is 0 Å². The summed E-state index contributed by atoms with van der Waals surface area (Å²) in [5, 5.41) is 65.1. The van der Waals surface area contributed by atoms with E-state index in [4.69, 9.17) is 60.0 Å². The van der Waals surface area contributed by atoms with Gasteiger partial charge in [0.05, 0.1) is 6.61 Å². The van der Waals surface area contributed by atoms with E-state index in [2.05, 4.69) is 4.74 Å². The van der Waals surface area contributed by atoms with Gasteiger partial charge in [0.1, 0.15) is 24.4 Å². The van der Waals surface area contributed by atoms with E-state index in [0.717, 1.165) is 27.7 Å². The average Bonchev–Trinajstić information content (AvgIpc) is 2.46. The van der Waals surface area contributed by atoms with Gasteiger partial charge >= 0.3 is 0 Å². The third-order valence-electron chi connectivity index (χ3n) is 1.83. The van der Waals surface area contributed by atoms with Crippen LogP contribution in [0.5, 0.6) is 0 Å². The van der Waals surface area contributed by atoms with E-state index in [9.17, 15) is 4.39 Å². The minimum absolute atomic E-state index is 0.606. The molecule has 0 unspecified atom stereocenters. The Balaban J connectivity index is -0.000000150. The van der Waals surface area contributed by atoms with Crippen molar-refractivity contribution in [2.75, 3.05) is 6.61 Å². The zero-order chi connectivity index (χ0) is 23.6. The normalized spacial score (nSPS) is 24.7. The summed E-state index contributed by atoms with van der Waals surface area (Å²) < 4.78 is 16.9. The Hall–Kier alpha value is -2.39. The van der Waals surface area contributed by atoms with Gasteiger partial charge in [-0.05, 0) is 0 Å². The van der Waals surface area contributed by atoms with Crippen molar-refractivity contribution in [1.82, 2.24) is 0 Å². The lowest BCUT2D eigenvalue weighted by Crippen LogP contribution is -2.57. The molecule has 0 bridgehead atoms. The number of hydrogen-bond acceptors (Lipinski definition) is 9. The van der Waals surface area contributed by atoms with Gasteiger partial charge in [0.2, 0.25) is 6.36 Å². The molecule has 1 aliphatic heterocycles. The molecule has 13 nitrogen and oxygen atoms in total. The van der Waals surface area contributed by atoms with Crippen LogP contribution in [0.2, 0.25) is 0 Å². The molecule has 0 radical (unpaired) electrons. The molecule has 28 heavy (non-hydrogen) atoms. The van der Waals surface area contributed by atoms with Crippen LogP contribution < -0.4 is 0 Å². The summed E-state index contributed by atoms with van der Waals surface area (Å²) in [5.74, 6) is -3.33. The SMILES string of the molecule is CC(=O)O.CC(=O)O.CC(=O)O.CC(=O)O.OC[C@H]1O[C@@H](F)[C@H](O)[C@@H](O)[C@@H]1O. The summed E-state index contributed by atoms with van der Waals surface area (Å²) in [6.07, 6.45) is -8.09. The van der Waals surface area contributed by atoms with Crippen LogP contribution in [0.15, 0.2) is 0 Å². The molecule has 0 aromatic rings. The van der Waals surface area contributed by atoms with Crippen LogP contribution in [0.25, 0.3) is 0 Å². The van der Waals surface area contributed by atoms with E-state index < -0.39 is 61.3 Å². The van der Waals surface area contributed by atoms with Crippen LogP contribution in [-0.4, -0.2) is 102 Å². The fourth-order valence-corrected chi connectivity index (χ4v) is 1.06. The second-order valence-electron chi connectivity index (χ2n) is 4.76. The molecule has 1 heterocycles. The quantitative estimate of drug-likeness (QED) is 0.231. The molecule has 1 aliphatic rings. The maximum Gasteiger partial charge on any atom is 0.300 e. The highest BCUT2D eigenvalue weighted by molar-refractivity contribution is 5.63. The van der Waals surface area contributed by atoms with Crippen LogP contribution in [0.1, 0.15) is 27.7 Å². The van der Waals surface area contributed by atoms with E-state index in [1.807, 2.05) is 0 Å². The monoisotopic (exact) mass is 422 g/mol. The van der Waals surface area contributed by atoms with Crippen molar-refractivity contribution in [3.05, 3.63) is 0 Å². The number of carboxylic acid groups (broad SMARTS) is 4. The van der Waals surface area contributed by atoms with Gasteiger partial charge in [0.25, 0.3) is 23.9 Å². The minimum atomic E-state index is -2.07. The van der Waals surface area contributed by atoms with Crippen molar-refractivity contribution >= 4 is 23.9 Å². The summed E-state index contributed by atoms with van der Waals surface area (Å²) in [4.78, 5) is 36.0. The van der Waals surface area contributed by atoms with E-state index >= 15 is 0 Å². The minimum Gasteiger partial charge on any atom is -0.481 e. The van der Waals surface area contributed by atoms with Crippen LogP contribution in [0.4, 0.5) is 4.39 Å². The number of aliphatic hydroxyl groups excluding tert-OH is 4. The summed E-state index contributed by atoms with van der Waals surface area (Å²) in [5.41, 5.74) is 0. The van der Waals surface area contributed by atoms with Crippen LogP contribution in [-0.2, 0) is 23.9 Å². The van der Waals surface area contributed by atoms with Gasteiger partial charge in [-0.2, -0.15) is 0 Å². The number of rotatable bonds is 1. The molecule has 5 atom stereocenters. The summed E-state index contributed by atoms with van der Waals surface area (Å²) in [7, 11) is 0. The van der Waals surface area contributed by atoms with Crippen molar-refractivity contribution in [2.24, 2.45) is 0 Å². The summed E-state index contributed by atoms with van der Waals surface area (Å²) in [6, 6.07) is 0. The second-order valence-corrected chi connectivity index (χ2v) is 4.76. The largest absolute Gasteiger partial charge is 0.481 e. The van der Waals surface area contributed by atoms with Gasteiger partial charge in [-0.15, -0.1) is 0 Å². The molecule has 1 rings (SSSR count). The molecule has 0 amide bonds. The van der Waals surface area contributed by atoms with Crippen molar-refractivity contribution in [1.29, 1.82) is 0 Å². The second kappa shape index (κ2) is 19.4. The predicted molar refractivity (Wildman–Crippen MR) is 88.1 cm³/mol. The highest BCUT2D eigenvalue weighted by Gasteiger charge is 2.43. The Bertz CT molecular complexity index is 388. The van der Waals surface area contributed by atoms with E-state index in [-0.39, 0.29) is 0 Å². The first-order chi connectivity index (χ1) is 12.5. The third-order valence-corrected chi connectivity index (χ3v) is 1.83. The van der Waals surface area contributed by atoms with Gasteiger partial charge in [0, 0.05) is 27.7 Å². The first kappa shape index (κ1) is 33.2. The molecular formula is C14H27FO13. The van der Waals surface area contributed by atoms with E-state index in [1.165, 1.54) is 0 Å². The molecule has 1 saturated heterocycles. The molecule has 0 aliphatic carbocycles. The van der Waals surface area contributed by atoms with Gasteiger partial charge in [0.15, 0.2) is 0 Å². The zero-order valence-electron chi connectivity index (χ0n) is 15.6. The molecule has 0 aromatic carbocycles. The van der Waals surface area contributed by atoms with Gasteiger partial charge in [-0.1, -0.05) is 0 Å². The van der Waals surface area contributed by atoms with Crippen molar-refractivity contribution in [2.45, 2.75) is 58.5 Å². The first-order valence-electron chi connectivity index (χ1n) is 7.23. The Morgan fingerprint density at radius 3 is 1.18 bits per heavy atom. The Morgan fingerprint density at radius 2 is 0.964 bits per heavy atom. The number of hydrogen-bond donors (Lipinski definition) is 8. The lowest BCUT2D eigenvalue weighted by Gasteiger charge is -2.36. The highest BCUT2D eigenvalue weighted by Crippen LogP contribution is 2.21. The predicted octanol–water partition coefficient (Wildman–Crippen LogP) is -1.88. The number of halogens is 1. The Labute approximate surface area is 159 Å². The van der Waals surface area contributed by atoms with E-state index in [1.54, 1.807) is 0 Å².